The highest BCUT2D eigenvalue weighted by Gasteiger charge is 2.39. The first-order valence-electron chi connectivity index (χ1n) is 6.20. The quantitative estimate of drug-likeness (QED) is 0.558. The van der Waals surface area contributed by atoms with Gasteiger partial charge in [0, 0.05) is 17.4 Å². The molecular weight excluding hydrogens is 228 g/mol. The molecule has 0 aliphatic heterocycles. The monoisotopic (exact) mass is 248 g/mol. The normalized spacial score (nSPS) is 15.3. The summed E-state index contributed by atoms with van der Waals surface area (Å²) in [6.45, 7) is 5.97. The molecule has 0 saturated heterocycles. The van der Waals surface area contributed by atoms with Crippen LogP contribution >= 0.6 is 0 Å². The van der Waals surface area contributed by atoms with Gasteiger partial charge in [-0.2, -0.15) is 0 Å². The van der Waals surface area contributed by atoms with E-state index in [4.69, 9.17) is 5.84 Å². The lowest BCUT2D eigenvalue weighted by molar-refractivity contribution is 0.0904. The number of nitrogens with one attached hydrogen (secondary N) is 2. The summed E-state index contributed by atoms with van der Waals surface area (Å²) in [5, 5.41) is 3.05. The number of rotatable bonds is 4. The van der Waals surface area contributed by atoms with Gasteiger partial charge in [-0.1, -0.05) is 0 Å². The molecule has 18 heavy (non-hydrogen) atoms. The van der Waals surface area contributed by atoms with E-state index in [9.17, 15) is 4.79 Å². The Kier molecular flexibility index (Phi) is 3.26. The number of anilines is 1. The van der Waals surface area contributed by atoms with Crippen molar-refractivity contribution in [3.05, 3.63) is 23.5 Å². The Morgan fingerprint density at radius 1 is 1.50 bits per heavy atom. The Hall–Kier alpha value is -1.62. The minimum absolute atomic E-state index is 0.132. The van der Waals surface area contributed by atoms with Crippen LogP contribution in [-0.2, 0) is 0 Å². The number of hydrazine groups is 1. The number of aromatic nitrogens is 1. The van der Waals surface area contributed by atoms with Crippen molar-refractivity contribution in [1.29, 1.82) is 0 Å². The highest BCUT2D eigenvalue weighted by Crippen LogP contribution is 2.39. The summed E-state index contributed by atoms with van der Waals surface area (Å²) >= 11 is 0. The van der Waals surface area contributed by atoms with Crippen molar-refractivity contribution in [1.82, 2.24) is 10.3 Å². The molecule has 0 bridgehead atoms. The van der Waals surface area contributed by atoms with Gasteiger partial charge in [-0.3, -0.25) is 15.6 Å². The van der Waals surface area contributed by atoms with Crippen molar-refractivity contribution >= 4 is 11.6 Å². The van der Waals surface area contributed by atoms with E-state index in [-0.39, 0.29) is 11.4 Å². The summed E-state index contributed by atoms with van der Waals surface area (Å²) in [7, 11) is 0. The molecule has 0 unspecified atom stereocenters. The number of nitrogens with two attached hydrogens (primary N) is 1. The molecule has 5 nitrogen and oxygen atoms in total. The Morgan fingerprint density at radius 3 is 2.72 bits per heavy atom. The van der Waals surface area contributed by atoms with Gasteiger partial charge in [0.15, 0.2) is 0 Å². The molecule has 1 heterocycles. The van der Waals surface area contributed by atoms with Gasteiger partial charge in [0.05, 0.1) is 11.3 Å². The van der Waals surface area contributed by atoms with Crippen molar-refractivity contribution < 1.29 is 4.79 Å². The van der Waals surface area contributed by atoms with Gasteiger partial charge in [0.1, 0.15) is 0 Å². The molecule has 0 radical (unpaired) electrons. The van der Waals surface area contributed by atoms with E-state index < -0.39 is 0 Å². The number of carbonyl (C=O) groups is 1. The first-order chi connectivity index (χ1) is 8.44. The molecule has 1 fully saturated rings. The van der Waals surface area contributed by atoms with Crippen LogP contribution in [-0.4, -0.2) is 16.4 Å². The summed E-state index contributed by atoms with van der Waals surface area (Å²) < 4.78 is 0. The van der Waals surface area contributed by atoms with Crippen molar-refractivity contribution in [3.8, 4) is 0 Å². The van der Waals surface area contributed by atoms with Crippen LogP contribution in [0.1, 0.15) is 42.7 Å². The summed E-state index contributed by atoms with van der Waals surface area (Å²) in [5.74, 6) is 5.88. The Morgan fingerprint density at radius 2 is 2.17 bits per heavy atom. The van der Waals surface area contributed by atoms with Crippen LogP contribution in [0.5, 0.6) is 0 Å². The lowest BCUT2D eigenvalue weighted by atomic mass is 9.98. The van der Waals surface area contributed by atoms with E-state index in [0.29, 0.717) is 17.2 Å². The largest absolute Gasteiger partial charge is 0.347 e. The van der Waals surface area contributed by atoms with Gasteiger partial charge in [-0.05, 0) is 45.6 Å². The Labute approximate surface area is 107 Å². The van der Waals surface area contributed by atoms with Crippen molar-refractivity contribution in [2.45, 2.75) is 39.2 Å². The SMILES string of the molecule is Cc1cc(NN)c(C(=O)NC(C)(C)C2CC2)cn1. The number of amides is 1. The first kappa shape index (κ1) is 12.8. The fourth-order valence-corrected chi connectivity index (χ4v) is 2.13. The van der Waals surface area contributed by atoms with E-state index in [1.54, 1.807) is 12.3 Å². The average molecular weight is 248 g/mol. The van der Waals surface area contributed by atoms with E-state index in [0.717, 1.165) is 5.69 Å². The predicted molar refractivity (Wildman–Crippen MR) is 71.1 cm³/mol. The molecule has 1 saturated carbocycles. The lowest BCUT2D eigenvalue weighted by Gasteiger charge is -2.26. The highest BCUT2D eigenvalue weighted by molar-refractivity contribution is 5.99. The van der Waals surface area contributed by atoms with Gasteiger partial charge in [0.2, 0.25) is 0 Å². The molecule has 1 aromatic rings. The second-order valence-electron chi connectivity index (χ2n) is 5.47. The molecule has 1 aliphatic carbocycles. The van der Waals surface area contributed by atoms with Crippen LogP contribution in [0.3, 0.4) is 0 Å². The Balaban J connectivity index is 2.18. The molecular formula is C13H20N4O. The smallest absolute Gasteiger partial charge is 0.255 e. The third-order valence-corrected chi connectivity index (χ3v) is 3.47. The van der Waals surface area contributed by atoms with E-state index in [1.165, 1.54) is 12.8 Å². The number of aryl methyl sites for hydroxylation is 1. The van der Waals surface area contributed by atoms with Gasteiger partial charge in [-0.25, -0.2) is 0 Å². The molecule has 5 heteroatoms. The number of hydrogen-bond acceptors (Lipinski definition) is 4. The molecule has 2 rings (SSSR count). The van der Waals surface area contributed by atoms with E-state index >= 15 is 0 Å². The van der Waals surface area contributed by atoms with E-state index in [2.05, 4.69) is 29.6 Å². The van der Waals surface area contributed by atoms with Crippen LogP contribution in [0.4, 0.5) is 5.69 Å². The minimum atomic E-state index is -0.173. The van der Waals surface area contributed by atoms with Gasteiger partial charge < -0.3 is 10.7 Å². The number of nitrogens with zero attached hydrogens (tertiary/aromatic N) is 1. The van der Waals surface area contributed by atoms with Crippen LogP contribution in [0.15, 0.2) is 12.3 Å². The second kappa shape index (κ2) is 4.57. The fraction of sp³-hybridized carbons (Fsp3) is 0.538. The third kappa shape index (κ3) is 2.61. The molecule has 98 valence electrons. The summed E-state index contributed by atoms with van der Waals surface area (Å²) in [5.41, 5.74) is 4.28. The zero-order valence-corrected chi connectivity index (χ0v) is 11.1. The lowest BCUT2D eigenvalue weighted by Crippen LogP contribution is -2.45. The van der Waals surface area contributed by atoms with Crippen molar-refractivity contribution in [2.75, 3.05) is 5.43 Å². The number of hydrogen-bond donors (Lipinski definition) is 3. The number of nitrogen functional groups attached to an aromatic ring is 1. The third-order valence-electron chi connectivity index (χ3n) is 3.47. The Bertz CT molecular complexity index is 466. The number of carbonyl (C=O) groups excluding carboxylic acids is 1. The van der Waals surface area contributed by atoms with Gasteiger partial charge in [0.25, 0.3) is 5.91 Å². The maximum atomic E-state index is 12.2. The molecule has 1 amide bonds. The van der Waals surface area contributed by atoms with Crippen LogP contribution in [0, 0.1) is 12.8 Å². The van der Waals surface area contributed by atoms with Crippen LogP contribution in [0.2, 0.25) is 0 Å². The summed E-state index contributed by atoms with van der Waals surface area (Å²) in [6.07, 6.45) is 3.92. The maximum absolute atomic E-state index is 12.2. The standard InChI is InChI=1S/C13H20N4O/c1-8-6-11(17-14)10(7-15-8)12(18)16-13(2,3)9-4-5-9/h6-7,9H,4-5,14H2,1-3H3,(H,15,17)(H,16,18). The molecule has 0 atom stereocenters. The topological polar surface area (TPSA) is 80.0 Å². The zero-order valence-electron chi connectivity index (χ0n) is 11.1. The molecule has 4 N–H and O–H groups in total. The summed E-state index contributed by atoms with van der Waals surface area (Å²) in [6, 6.07) is 1.76. The molecule has 0 spiro atoms. The number of pyridine rings is 1. The van der Waals surface area contributed by atoms with Crippen molar-refractivity contribution in [2.24, 2.45) is 11.8 Å². The highest BCUT2D eigenvalue weighted by atomic mass is 16.1. The van der Waals surface area contributed by atoms with E-state index in [1.807, 2.05) is 6.92 Å². The molecule has 1 aliphatic rings. The van der Waals surface area contributed by atoms with Gasteiger partial charge >= 0.3 is 0 Å². The predicted octanol–water partition coefficient (Wildman–Crippen LogP) is 1.59. The summed E-state index contributed by atoms with van der Waals surface area (Å²) in [4.78, 5) is 16.4. The average Bonchev–Trinajstić information content (AvgIpc) is 3.11. The second-order valence-corrected chi connectivity index (χ2v) is 5.47. The molecule has 0 aromatic carbocycles. The zero-order chi connectivity index (χ0) is 13.3. The molecule has 1 aromatic heterocycles. The maximum Gasteiger partial charge on any atom is 0.255 e. The van der Waals surface area contributed by atoms with Crippen LogP contribution < -0.4 is 16.6 Å². The first-order valence-corrected chi connectivity index (χ1v) is 6.20. The minimum Gasteiger partial charge on any atom is -0.347 e. The van der Waals surface area contributed by atoms with Crippen LogP contribution in [0.25, 0.3) is 0 Å². The van der Waals surface area contributed by atoms with Crippen molar-refractivity contribution in [3.63, 3.8) is 0 Å². The fourth-order valence-electron chi connectivity index (χ4n) is 2.13. The van der Waals surface area contributed by atoms with Gasteiger partial charge in [-0.15, -0.1) is 0 Å².